The highest BCUT2D eigenvalue weighted by atomic mass is 31.2. The zero-order valence-electron chi connectivity index (χ0n) is 21.2. The minimum Gasteiger partial charge on any atom is -0.347 e. The lowest BCUT2D eigenvalue weighted by molar-refractivity contribution is 0.353. The topological polar surface area (TPSA) is 120 Å². The van der Waals surface area contributed by atoms with Gasteiger partial charge in [0.15, 0.2) is 0 Å². The van der Waals surface area contributed by atoms with Crippen molar-refractivity contribution < 1.29 is 28.7 Å². The lowest BCUT2D eigenvalue weighted by atomic mass is 9.96. The molecule has 200 valence electrons. The van der Waals surface area contributed by atoms with Crippen LogP contribution in [-0.4, -0.2) is 30.3 Å². The van der Waals surface area contributed by atoms with E-state index >= 15 is 0 Å². The van der Waals surface area contributed by atoms with Gasteiger partial charge in [-0.15, -0.1) is 0 Å². The third-order valence-corrected chi connectivity index (χ3v) is 8.93. The maximum atomic E-state index is 12.3. The van der Waals surface area contributed by atoms with E-state index in [1.807, 2.05) is 47.9 Å². The molecular formula is C29H33NO6P2. The Balaban J connectivity index is 1.63. The number of nitrogens with zero attached hydrogens (tertiary/aromatic N) is 1. The van der Waals surface area contributed by atoms with Crippen molar-refractivity contribution in [2.75, 3.05) is 6.16 Å². The molecule has 0 spiro atoms. The summed E-state index contributed by atoms with van der Waals surface area (Å²) in [6.45, 7) is 2.44. The van der Waals surface area contributed by atoms with Crippen LogP contribution in [-0.2, 0) is 15.7 Å². The molecule has 1 heterocycles. The quantitative estimate of drug-likeness (QED) is 0.121. The van der Waals surface area contributed by atoms with Crippen LogP contribution in [0.1, 0.15) is 41.7 Å². The molecule has 0 aliphatic carbocycles. The second kappa shape index (κ2) is 12.0. The Kier molecular flexibility index (Phi) is 8.89. The monoisotopic (exact) mass is 553 g/mol. The molecule has 0 aliphatic rings. The van der Waals surface area contributed by atoms with E-state index in [0.717, 1.165) is 33.5 Å². The molecule has 0 bridgehead atoms. The Bertz CT molecular complexity index is 1400. The van der Waals surface area contributed by atoms with E-state index in [0.29, 0.717) is 18.5 Å². The second-order valence-electron chi connectivity index (χ2n) is 9.68. The molecule has 1 aromatic heterocycles. The Morgan fingerprint density at radius 1 is 0.737 bits per heavy atom. The maximum absolute atomic E-state index is 12.3. The lowest BCUT2D eigenvalue weighted by Gasteiger charge is -2.17. The van der Waals surface area contributed by atoms with Gasteiger partial charge in [0.05, 0.1) is 5.66 Å². The number of aryl methyl sites for hydroxylation is 1. The molecule has 1 unspecified atom stereocenters. The molecule has 7 nitrogen and oxygen atoms in total. The van der Waals surface area contributed by atoms with Crippen molar-refractivity contribution in [3.05, 3.63) is 108 Å². The first kappa shape index (κ1) is 28.3. The van der Waals surface area contributed by atoms with Crippen molar-refractivity contribution in [2.45, 2.75) is 38.4 Å². The molecule has 0 radical (unpaired) electrons. The average molecular weight is 554 g/mol. The minimum atomic E-state index is -4.47. The first-order valence-corrected chi connectivity index (χ1v) is 16.0. The van der Waals surface area contributed by atoms with Gasteiger partial charge in [0, 0.05) is 24.6 Å². The molecule has 0 fully saturated rings. The summed E-state index contributed by atoms with van der Waals surface area (Å²) in [6.07, 6.45) is 2.16. The van der Waals surface area contributed by atoms with E-state index in [4.69, 9.17) is 9.79 Å². The molecule has 0 amide bonds. The SMILES string of the molecule is Cc1cc(C(CCCCP(=O)(O)O)P(=O)(O)O)cn1Cc1cc(-c2ccccc2)cc(-c2ccccc2)c1. The van der Waals surface area contributed by atoms with Gasteiger partial charge in [-0.25, -0.2) is 0 Å². The fourth-order valence-electron chi connectivity index (χ4n) is 4.75. The van der Waals surface area contributed by atoms with Gasteiger partial charge >= 0.3 is 15.2 Å². The van der Waals surface area contributed by atoms with E-state index in [9.17, 15) is 18.9 Å². The Labute approximate surface area is 223 Å². The predicted octanol–water partition coefficient (Wildman–Crippen LogP) is 6.75. The molecule has 0 saturated carbocycles. The molecule has 9 heteroatoms. The summed E-state index contributed by atoms with van der Waals surface area (Å²) >= 11 is 0. The Morgan fingerprint density at radius 3 is 1.79 bits per heavy atom. The van der Waals surface area contributed by atoms with Crippen molar-refractivity contribution in [3.63, 3.8) is 0 Å². The van der Waals surface area contributed by atoms with Gasteiger partial charge in [0.1, 0.15) is 0 Å². The standard InChI is InChI=1S/C29H33NO6P2/c1-22-16-28(29(38(34,35)36)14-8-9-15-37(31,32)33)21-30(22)20-23-17-26(24-10-4-2-5-11-24)19-27(18-23)25-12-6-3-7-13-25/h2-7,10-13,16-19,21,29H,8-9,14-15,20H2,1H3,(H2,31,32,33)(H2,34,35,36). The molecule has 4 rings (SSSR count). The second-order valence-corrected chi connectivity index (χ2v) is 13.3. The predicted molar refractivity (Wildman–Crippen MR) is 151 cm³/mol. The number of hydrogen-bond acceptors (Lipinski definition) is 2. The van der Waals surface area contributed by atoms with Gasteiger partial charge in [0.25, 0.3) is 0 Å². The fraction of sp³-hybridized carbons (Fsp3) is 0.241. The highest BCUT2D eigenvalue weighted by Crippen LogP contribution is 2.55. The minimum absolute atomic E-state index is 0.148. The van der Waals surface area contributed by atoms with Gasteiger partial charge in [-0.1, -0.05) is 67.1 Å². The zero-order valence-corrected chi connectivity index (χ0v) is 23.0. The van der Waals surface area contributed by atoms with Crippen LogP contribution in [0.2, 0.25) is 0 Å². The highest BCUT2D eigenvalue weighted by Gasteiger charge is 2.31. The average Bonchev–Trinajstić information content (AvgIpc) is 3.22. The number of aromatic nitrogens is 1. The molecule has 1 atom stereocenters. The van der Waals surface area contributed by atoms with Crippen molar-refractivity contribution >= 4 is 15.2 Å². The molecule has 4 N–H and O–H groups in total. The zero-order chi connectivity index (χ0) is 27.3. The molecule has 4 aromatic rings. The number of unbranched alkanes of at least 4 members (excludes halogenated alkanes) is 1. The first-order chi connectivity index (χ1) is 18.0. The van der Waals surface area contributed by atoms with Crippen LogP contribution in [0.3, 0.4) is 0 Å². The van der Waals surface area contributed by atoms with Crippen LogP contribution >= 0.6 is 15.2 Å². The molecule has 3 aromatic carbocycles. The molecule has 0 saturated heterocycles. The summed E-state index contributed by atoms with van der Waals surface area (Å²) in [5.74, 6) is 0. The summed E-state index contributed by atoms with van der Waals surface area (Å²) < 4.78 is 25.5. The molecular weight excluding hydrogens is 520 g/mol. The highest BCUT2D eigenvalue weighted by molar-refractivity contribution is 7.52. The van der Waals surface area contributed by atoms with Crippen molar-refractivity contribution in [3.8, 4) is 22.3 Å². The van der Waals surface area contributed by atoms with Crippen LogP contribution < -0.4 is 0 Å². The van der Waals surface area contributed by atoms with E-state index in [2.05, 4.69) is 42.5 Å². The van der Waals surface area contributed by atoms with E-state index in [1.165, 1.54) is 0 Å². The van der Waals surface area contributed by atoms with Crippen LogP contribution in [0.15, 0.2) is 91.1 Å². The van der Waals surface area contributed by atoms with Gasteiger partial charge in [-0.05, 0) is 77.4 Å². The van der Waals surface area contributed by atoms with Gasteiger partial charge in [-0.3, -0.25) is 9.13 Å². The lowest BCUT2D eigenvalue weighted by Crippen LogP contribution is -2.02. The first-order valence-electron chi connectivity index (χ1n) is 12.5. The molecule has 38 heavy (non-hydrogen) atoms. The smallest absolute Gasteiger partial charge is 0.333 e. The van der Waals surface area contributed by atoms with E-state index < -0.39 is 20.9 Å². The van der Waals surface area contributed by atoms with Crippen LogP contribution in [0.4, 0.5) is 0 Å². The summed E-state index contributed by atoms with van der Waals surface area (Å²) in [5, 5.41) is 0. The third kappa shape index (κ3) is 7.64. The van der Waals surface area contributed by atoms with Crippen LogP contribution in [0, 0.1) is 6.92 Å². The van der Waals surface area contributed by atoms with Crippen LogP contribution in [0.5, 0.6) is 0 Å². The Hall–Kier alpha value is -2.76. The summed E-state index contributed by atoms with van der Waals surface area (Å²) in [5.41, 5.74) is 5.84. The van der Waals surface area contributed by atoms with Crippen molar-refractivity contribution in [1.29, 1.82) is 0 Å². The van der Waals surface area contributed by atoms with E-state index in [1.54, 1.807) is 12.3 Å². The number of hydrogen-bond donors (Lipinski definition) is 4. The number of benzene rings is 3. The molecule has 0 aliphatic heterocycles. The van der Waals surface area contributed by atoms with E-state index in [-0.39, 0.29) is 19.0 Å². The summed E-state index contributed by atoms with van der Waals surface area (Å²) in [4.78, 5) is 38.3. The largest absolute Gasteiger partial charge is 0.347 e. The van der Waals surface area contributed by atoms with Gasteiger partial charge in [0.2, 0.25) is 0 Å². The summed E-state index contributed by atoms with van der Waals surface area (Å²) in [6, 6.07) is 28.6. The number of rotatable bonds is 11. The maximum Gasteiger partial charge on any atom is 0.333 e. The summed E-state index contributed by atoms with van der Waals surface area (Å²) in [7, 11) is -8.60. The normalized spacial score (nSPS) is 13.0. The fourth-order valence-corrected chi connectivity index (χ4v) is 6.44. The third-order valence-electron chi connectivity index (χ3n) is 6.66. The van der Waals surface area contributed by atoms with Gasteiger partial charge < -0.3 is 24.1 Å². The van der Waals surface area contributed by atoms with Crippen LogP contribution in [0.25, 0.3) is 22.3 Å². The van der Waals surface area contributed by atoms with Crippen molar-refractivity contribution in [2.24, 2.45) is 0 Å². The Morgan fingerprint density at radius 2 is 1.29 bits per heavy atom. The van der Waals surface area contributed by atoms with Gasteiger partial charge in [-0.2, -0.15) is 0 Å². The van der Waals surface area contributed by atoms with Crippen molar-refractivity contribution in [1.82, 2.24) is 4.57 Å².